The number of aliphatic carboxylic acids is 1. The fourth-order valence-corrected chi connectivity index (χ4v) is 4.03. The van der Waals surface area contributed by atoms with E-state index in [2.05, 4.69) is 10.6 Å². The van der Waals surface area contributed by atoms with Crippen molar-refractivity contribution in [3.05, 3.63) is 41.6 Å². The van der Waals surface area contributed by atoms with Gasteiger partial charge in [0.2, 0.25) is 5.91 Å². The van der Waals surface area contributed by atoms with E-state index >= 15 is 0 Å². The monoisotopic (exact) mass is 347 g/mol. The second-order valence-electron chi connectivity index (χ2n) is 5.61. The van der Waals surface area contributed by atoms with Crippen LogP contribution in [0, 0.1) is 0 Å². The minimum atomic E-state index is -1.11. The number of benzene rings is 1. The molecule has 1 aromatic rings. The number of amides is 2. The number of nitrogens with zero attached hydrogens (tertiary/aromatic N) is 1. The van der Waals surface area contributed by atoms with Crippen LogP contribution in [-0.4, -0.2) is 51.5 Å². The van der Waals surface area contributed by atoms with Crippen LogP contribution >= 0.6 is 11.8 Å². The predicted molar refractivity (Wildman–Crippen MR) is 90.3 cm³/mol. The summed E-state index contributed by atoms with van der Waals surface area (Å²) in [5.41, 5.74) is 1.51. The molecule has 1 unspecified atom stereocenters. The molecule has 0 bridgehead atoms. The molecule has 2 amide bonds. The van der Waals surface area contributed by atoms with Crippen LogP contribution in [0.1, 0.15) is 6.92 Å². The number of anilines is 1. The van der Waals surface area contributed by atoms with E-state index in [1.807, 2.05) is 30.3 Å². The van der Waals surface area contributed by atoms with E-state index in [4.69, 9.17) is 0 Å². The van der Waals surface area contributed by atoms with Crippen LogP contribution in [0.2, 0.25) is 0 Å². The molecular formula is C16H17N3O4S. The molecule has 8 heteroatoms. The first-order valence-corrected chi connectivity index (χ1v) is 8.50. The standard InChI is InChI=1S/C16H17N3O4S/c1-9-8-24-15-12(14(21)19(15)13(9)16(22)23)18-11(20)7-17-10-5-3-2-4-6-10/h2-6,12,15,17H,7-8H2,1H3,(H,18,20)(H,22,23)/t12?,15-/m1/s1. The first-order valence-electron chi connectivity index (χ1n) is 7.45. The second-order valence-corrected chi connectivity index (χ2v) is 6.71. The Morgan fingerprint density at radius 1 is 1.33 bits per heavy atom. The van der Waals surface area contributed by atoms with Gasteiger partial charge in [0.25, 0.3) is 5.91 Å². The number of carboxylic acid groups (broad SMARTS) is 1. The van der Waals surface area contributed by atoms with Crippen LogP contribution in [0.5, 0.6) is 0 Å². The third kappa shape index (κ3) is 2.96. The fourth-order valence-electron chi connectivity index (χ4n) is 2.74. The van der Waals surface area contributed by atoms with E-state index in [9.17, 15) is 19.5 Å². The summed E-state index contributed by atoms with van der Waals surface area (Å²) in [5.74, 6) is -1.26. The average Bonchev–Trinajstić information content (AvgIpc) is 2.58. The number of carbonyl (C=O) groups is 3. The van der Waals surface area contributed by atoms with E-state index in [0.29, 0.717) is 11.3 Å². The van der Waals surface area contributed by atoms with E-state index in [1.54, 1.807) is 6.92 Å². The quantitative estimate of drug-likeness (QED) is 0.683. The lowest BCUT2D eigenvalue weighted by atomic mass is 10.0. The van der Waals surface area contributed by atoms with Crippen LogP contribution in [0.15, 0.2) is 41.6 Å². The summed E-state index contributed by atoms with van der Waals surface area (Å²) < 4.78 is 0. The van der Waals surface area contributed by atoms with Crippen LogP contribution < -0.4 is 10.6 Å². The lowest BCUT2D eigenvalue weighted by Crippen LogP contribution is -2.70. The Balaban J connectivity index is 1.59. The van der Waals surface area contributed by atoms with Crippen molar-refractivity contribution >= 4 is 35.2 Å². The van der Waals surface area contributed by atoms with E-state index in [-0.39, 0.29) is 29.4 Å². The molecule has 0 saturated carbocycles. The molecule has 1 fully saturated rings. The number of β-lactam (4-membered cyclic amide) rings is 1. The minimum absolute atomic E-state index is 0.0386. The molecule has 0 aromatic heterocycles. The molecule has 2 atom stereocenters. The van der Waals surface area contributed by atoms with Gasteiger partial charge in [-0.15, -0.1) is 11.8 Å². The van der Waals surface area contributed by atoms with Crippen molar-refractivity contribution in [1.29, 1.82) is 0 Å². The maximum absolute atomic E-state index is 12.2. The van der Waals surface area contributed by atoms with Crippen molar-refractivity contribution in [3.63, 3.8) is 0 Å². The second kappa shape index (κ2) is 6.56. The number of rotatable bonds is 5. The summed E-state index contributed by atoms with van der Waals surface area (Å²) in [6, 6.07) is 8.59. The molecule has 1 saturated heterocycles. The van der Waals surface area contributed by atoms with Gasteiger partial charge in [0.15, 0.2) is 0 Å². The molecule has 2 aliphatic rings. The summed E-state index contributed by atoms with van der Waals surface area (Å²) in [6.07, 6.45) is 0. The van der Waals surface area contributed by atoms with Crippen molar-refractivity contribution in [2.24, 2.45) is 0 Å². The highest BCUT2D eigenvalue weighted by Gasteiger charge is 2.53. The Bertz CT molecular complexity index is 719. The van der Waals surface area contributed by atoms with Crippen molar-refractivity contribution in [2.45, 2.75) is 18.3 Å². The molecule has 2 aliphatic heterocycles. The molecule has 3 N–H and O–H groups in total. The molecule has 7 nitrogen and oxygen atoms in total. The lowest BCUT2D eigenvalue weighted by Gasteiger charge is -2.49. The zero-order chi connectivity index (χ0) is 17.3. The Kier molecular flexibility index (Phi) is 4.48. The number of hydrogen-bond acceptors (Lipinski definition) is 5. The normalized spacial score (nSPS) is 22.5. The number of thioether (sulfide) groups is 1. The summed E-state index contributed by atoms with van der Waals surface area (Å²) in [5, 5.41) is 14.6. The van der Waals surface area contributed by atoms with Gasteiger partial charge in [-0.2, -0.15) is 0 Å². The minimum Gasteiger partial charge on any atom is -0.477 e. The van der Waals surface area contributed by atoms with Crippen molar-refractivity contribution in [2.75, 3.05) is 17.6 Å². The third-order valence-electron chi connectivity index (χ3n) is 3.90. The van der Waals surface area contributed by atoms with Crippen LogP contribution in [0.3, 0.4) is 0 Å². The Hall–Kier alpha value is -2.48. The molecule has 2 heterocycles. The summed E-state index contributed by atoms with van der Waals surface area (Å²) in [4.78, 5) is 36.9. The smallest absolute Gasteiger partial charge is 0.352 e. The van der Waals surface area contributed by atoms with E-state index in [0.717, 1.165) is 5.69 Å². The number of hydrogen-bond donors (Lipinski definition) is 3. The number of fused-ring (bicyclic) bond motifs is 1. The van der Waals surface area contributed by atoms with Gasteiger partial charge >= 0.3 is 5.97 Å². The Morgan fingerprint density at radius 3 is 2.71 bits per heavy atom. The Labute approximate surface area is 143 Å². The van der Waals surface area contributed by atoms with Gasteiger partial charge < -0.3 is 15.7 Å². The summed E-state index contributed by atoms with van der Waals surface area (Å²) >= 11 is 1.46. The van der Waals surface area contributed by atoms with Crippen molar-refractivity contribution in [3.8, 4) is 0 Å². The topological polar surface area (TPSA) is 98.7 Å². The maximum atomic E-state index is 12.2. The highest BCUT2D eigenvalue weighted by atomic mass is 32.2. The molecule has 24 heavy (non-hydrogen) atoms. The molecule has 3 rings (SSSR count). The largest absolute Gasteiger partial charge is 0.477 e. The van der Waals surface area contributed by atoms with Gasteiger partial charge in [0.05, 0.1) is 6.54 Å². The average molecular weight is 347 g/mol. The first-order chi connectivity index (χ1) is 11.5. The van der Waals surface area contributed by atoms with Gasteiger partial charge in [0.1, 0.15) is 17.1 Å². The van der Waals surface area contributed by atoms with Gasteiger partial charge in [-0.3, -0.25) is 14.5 Å². The maximum Gasteiger partial charge on any atom is 0.352 e. The van der Waals surface area contributed by atoms with Gasteiger partial charge in [0, 0.05) is 11.4 Å². The molecule has 1 aromatic carbocycles. The molecule has 126 valence electrons. The molecule has 0 radical (unpaired) electrons. The van der Waals surface area contributed by atoms with Crippen LogP contribution in [0.25, 0.3) is 0 Å². The van der Waals surface area contributed by atoms with Crippen molar-refractivity contribution < 1.29 is 19.5 Å². The SMILES string of the molecule is CC1=C(C(=O)O)N2C(=O)C(NC(=O)CNc3ccccc3)[C@H]2SC1. The van der Waals surface area contributed by atoms with Gasteiger partial charge in [-0.1, -0.05) is 18.2 Å². The summed E-state index contributed by atoms with van der Waals surface area (Å²) in [6.45, 7) is 1.75. The molecule has 0 aliphatic carbocycles. The van der Waals surface area contributed by atoms with Crippen LogP contribution in [0.4, 0.5) is 5.69 Å². The lowest BCUT2D eigenvalue weighted by molar-refractivity contribution is -0.150. The van der Waals surface area contributed by atoms with Gasteiger partial charge in [-0.05, 0) is 24.6 Å². The zero-order valence-electron chi connectivity index (χ0n) is 13.0. The number of carbonyl (C=O) groups excluding carboxylic acids is 2. The van der Waals surface area contributed by atoms with Crippen molar-refractivity contribution in [1.82, 2.24) is 10.2 Å². The predicted octanol–water partition coefficient (Wildman–Crippen LogP) is 0.857. The highest BCUT2D eigenvalue weighted by molar-refractivity contribution is 8.00. The molecule has 0 spiro atoms. The van der Waals surface area contributed by atoms with Crippen LogP contribution in [-0.2, 0) is 14.4 Å². The highest BCUT2D eigenvalue weighted by Crippen LogP contribution is 2.39. The number of carboxylic acids is 1. The number of nitrogens with one attached hydrogen (secondary N) is 2. The molecular weight excluding hydrogens is 330 g/mol. The van der Waals surface area contributed by atoms with E-state index < -0.39 is 12.0 Å². The van der Waals surface area contributed by atoms with E-state index in [1.165, 1.54) is 16.7 Å². The summed E-state index contributed by atoms with van der Waals surface area (Å²) in [7, 11) is 0. The number of para-hydroxylation sites is 1. The zero-order valence-corrected chi connectivity index (χ0v) is 13.8. The van der Waals surface area contributed by atoms with Gasteiger partial charge in [-0.25, -0.2) is 4.79 Å². The third-order valence-corrected chi connectivity index (χ3v) is 5.33. The Morgan fingerprint density at radius 2 is 2.04 bits per heavy atom. The fraction of sp³-hybridized carbons (Fsp3) is 0.312. The first kappa shape index (κ1) is 16.4.